The topological polar surface area (TPSA) is 77.6 Å². The molecule has 41 heavy (non-hydrogen) atoms. The maximum atomic E-state index is 9.82. The zero-order chi connectivity index (χ0) is 28.2. The number of para-hydroxylation sites is 1. The van der Waals surface area contributed by atoms with E-state index < -0.39 is 0 Å². The molecule has 0 unspecified atom stereocenters. The minimum atomic E-state index is 0.439. The Labute approximate surface area is 244 Å². The predicted octanol–water partition coefficient (Wildman–Crippen LogP) is 7.69. The molecule has 206 valence electrons. The van der Waals surface area contributed by atoms with Crippen LogP contribution in [0.25, 0.3) is 22.2 Å². The second-order valence-electron chi connectivity index (χ2n) is 10.1. The summed E-state index contributed by atoms with van der Waals surface area (Å²) < 4.78 is 12.1. The van der Waals surface area contributed by atoms with Crippen LogP contribution in [0.2, 0.25) is 5.02 Å². The van der Waals surface area contributed by atoms with Gasteiger partial charge in [0.05, 0.1) is 28.3 Å². The van der Waals surface area contributed by atoms with Crippen LogP contribution in [0.3, 0.4) is 0 Å². The number of anilines is 2. The quantitative estimate of drug-likeness (QED) is 0.207. The molecule has 0 amide bonds. The molecule has 3 aromatic carbocycles. The summed E-state index contributed by atoms with van der Waals surface area (Å²) in [5, 5.41) is 14.5. The molecule has 6 rings (SSSR count). The molecule has 0 spiro atoms. The molecule has 0 aliphatic carbocycles. The Morgan fingerprint density at radius 1 is 0.976 bits per heavy atom. The molecular formula is C33H30ClN5O2. The number of aromatic nitrogens is 1. The summed E-state index contributed by atoms with van der Waals surface area (Å²) in [6, 6.07) is 27.2. The van der Waals surface area contributed by atoms with E-state index in [-0.39, 0.29) is 0 Å². The highest BCUT2D eigenvalue weighted by Gasteiger charge is 2.18. The molecule has 0 bridgehead atoms. The lowest BCUT2D eigenvalue weighted by molar-refractivity contribution is 0.125. The number of halogens is 1. The van der Waals surface area contributed by atoms with Crippen LogP contribution in [0, 0.1) is 11.3 Å². The third kappa shape index (κ3) is 6.06. The Morgan fingerprint density at radius 2 is 1.78 bits per heavy atom. The first kappa shape index (κ1) is 26.9. The number of ether oxygens (including phenoxy) is 1. The molecular weight excluding hydrogens is 534 g/mol. The third-order valence-electron chi connectivity index (χ3n) is 7.40. The number of nitrogens with one attached hydrogen (secondary N) is 1. The monoisotopic (exact) mass is 563 g/mol. The number of nitriles is 1. The fourth-order valence-electron chi connectivity index (χ4n) is 5.09. The Bertz CT molecular complexity index is 1700. The van der Waals surface area contributed by atoms with Gasteiger partial charge in [-0.1, -0.05) is 42.8 Å². The molecule has 1 fully saturated rings. The number of rotatable bonds is 8. The van der Waals surface area contributed by atoms with Crippen LogP contribution in [0.5, 0.6) is 11.5 Å². The van der Waals surface area contributed by atoms with Crippen LogP contribution in [-0.4, -0.2) is 47.5 Å². The van der Waals surface area contributed by atoms with E-state index in [4.69, 9.17) is 20.8 Å². The van der Waals surface area contributed by atoms with Gasteiger partial charge in [0.25, 0.3) is 0 Å². The third-order valence-corrected chi connectivity index (χ3v) is 7.69. The van der Waals surface area contributed by atoms with Crippen molar-refractivity contribution in [2.75, 3.05) is 38.0 Å². The number of hydrogen-bond acceptors (Lipinski definition) is 7. The lowest BCUT2D eigenvalue weighted by Gasteiger charge is -2.33. The van der Waals surface area contributed by atoms with E-state index in [0.29, 0.717) is 27.8 Å². The molecule has 0 atom stereocenters. The van der Waals surface area contributed by atoms with Crippen molar-refractivity contribution in [3.05, 3.63) is 101 Å². The molecule has 1 aliphatic heterocycles. The summed E-state index contributed by atoms with van der Waals surface area (Å²) in [7, 11) is 0. The Morgan fingerprint density at radius 3 is 2.54 bits per heavy atom. The second-order valence-corrected chi connectivity index (χ2v) is 10.5. The Hall–Kier alpha value is -4.35. The van der Waals surface area contributed by atoms with Gasteiger partial charge in [-0.15, -0.1) is 0 Å². The van der Waals surface area contributed by atoms with E-state index in [0.717, 1.165) is 72.9 Å². The van der Waals surface area contributed by atoms with E-state index in [1.165, 1.54) is 0 Å². The van der Waals surface area contributed by atoms with Crippen molar-refractivity contribution in [2.45, 2.75) is 13.5 Å². The molecule has 3 heterocycles. The molecule has 1 saturated heterocycles. The number of fused-ring (bicyclic) bond motifs is 1. The number of pyridine rings is 1. The summed E-state index contributed by atoms with van der Waals surface area (Å²) in [4.78, 5) is 9.48. The van der Waals surface area contributed by atoms with Gasteiger partial charge < -0.3 is 19.4 Å². The lowest BCUT2D eigenvalue weighted by Crippen LogP contribution is -2.45. The van der Waals surface area contributed by atoms with Crippen LogP contribution in [0.4, 0.5) is 11.4 Å². The second kappa shape index (κ2) is 12.0. The molecule has 1 aliphatic rings. The van der Waals surface area contributed by atoms with E-state index in [9.17, 15) is 5.26 Å². The van der Waals surface area contributed by atoms with Gasteiger partial charge in [-0.25, -0.2) is 0 Å². The van der Waals surface area contributed by atoms with E-state index in [2.05, 4.69) is 39.2 Å². The number of furan rings is 1. The average Bonchev–Trinajstić information content (AvgIpc) is 3.48. The van der Waals surface area contributed by atoms with Crippen molar-refractivity contribution >= 4 is 33.9 Å². The van der Waals surface area contributed by atoms with Gasteiger partial charge in [-0.05, 0) is 61.1 Å². The first-order valence-corrected chi connectivity index (χ1v) is 14.1. The fraction of sp³-hybridized carbons (Fsp3) is 0.212. The fourth-order valence-corrected chi connectivity index (χ4v) is 5.31. The van der Waals surface area contributed by atoms with Crippen molar-refractivity contribution < 1.29 is 9.15 Å². The SMILES string of the molecule is CCN1CCN(Cc2ccc(-c3ccc4c(Nc5ccc(Oc6ccccc6)c(Cl)c5)c(C#N)cnc4c3)o2)CC1. The van der Waals surface area contributed by atoms with Gasteiger partial charge in [0, 0.05) is 49.0 Å². The predicted molar refractivity (Wildman–Crippen MR) is 163 cm³/mol. The van der Waals surface area contributed by atoms with Gasteiger partial charge in [0.1, 0.15) is 29.1 Å². The molecule has 0 radical (unpaired) electrons. The van der Waals surface area contributed by atoms with Crippen molar-refractivity contribution in [3.8, 4) is 28.9 Å². The van der Waals surface area contributed by atoms with E-state index >= 15 is 0 Å². The molecule has 8 heteroatoms. The zero-order valence-electron chi connectivity index (χ0n) is 22.8. The zero-order valence-corrected chi connectivity index (χ0v) is 23.6. The average molecular weight is 564 g/mol. The molecule has 0 saturated carbocycles. The van der Waals surface area contributed by atoms with Crippen molar-refractivity contribution in [1.82, 2.24) is 14.8 Å². The lowest BCUT2D eigenvalue weighted by atomic mass is 10.1. The molecule has 2 aromatic heterocycles. The molecule has 1 N–H and O–H groups in total. The highest BCUT2D eigenvalue weighted by molar-refractivity contribution is 6.32. The molecule has 7 nitrogen and oxygen atoms in total. The summed E-state index contributed by atoms with van der Waals surface area (Å²) in [5.41, 5.74) is 3.54. The molecule has 5 aromatic rings. The maximum absolute atomic E-state index is 9.82. The van der Waals surface area contributed by atoms with Crippen LogP contribution in [0.1, 0.15) is 18.2 Å². The first-order chi connectivity index (χ1) is 20.1. The minimum absolute atomic E-state index is 0.439. The smallest absolute Gasteiger partial charge is 0.146 e. The van der Waals surface area contributed by atoms with E-state index in [1.54, 1.807) is 12.3 Å². The minimum Gasteiger partial charge on any atom is -0.460 e. The summed E-state index contributed by atoms with van der Waals surface area (Å²) in [6.07, 6.45) is 1.59. The first-order valence-electron chi connectivity index (χ1n) is 13.8. The van der Waals surface area contributed by atoms with E-state index in [1.807, 2.05) is 66.7 Å². The van der Waals surface area contributed by atoms with Crippen LogP contribution in [-0.2, 0) is 6.54 Å². The standard InChI is InChI=1S/C33H30ClN5O2/c1-2-38-14-16-39(17-15-38)22-27-10-13-31(41-27)23-8-11-28-30(18-23)36-21-24(20-35)33(28)37-25-9-12-32(29(34)19-25)40-26-6-4-3-5-7-26/h3-13,18-19,21H,2,14-17,22H2,1H3,(H,36,37). The van der Waals surface area contributed by atoms with Crippen LogP contribution >= 0.6 is 11.6 Å². The Balaban J connectivity index is 1.22. The largest absolute Gasteiger partial charge is 0.460 e. The van der Waals surface area contributed by atoms with Crippen molar-refractivity contribution in [2.24, 2.45) is 0 Å². The van der Waals surface area contributed by atoms with Gasteiger partial charge in [-0.2, -0.15) is 5.26 Å². The number of likely N-dealkylation sites (N-methyl/N-ethyl adjacent to an activating group) is 1. The Kier molecular flexibility index (Phi) is 7.88. The number of hydrogen-bond donors (Lipinski definition) is 1. The summed E-state index contributed by atoms with van der Waals surface area (Å²) in [5.74, 6) is 3.01. The van der Waals surface area contributed by atoms with Crippen LogP contribution < -0.4 is 10.1 Å². The summed E-state index contributed by atoms with van der Waals surface area (Å²) in [6.45, 7) is 8.41. The van der Waals surface area contributed by atoms with Gasteiger partial charge in [0.2, 0.25) is 0 Å². The number of nitrogens with zero attached hydrogens (tertiary/aromatic N) is 4. The highest BCUT2D eigenvalue weighted by atomic mass is 35.5. The highest BCUT2D eigenvalue weighted by Crippen LogP contribution is 2.36. The van der Waals surface area contributed by atoms with Crippen molar-refractivity contribution in [3.63, 3.8) is 0 Å². The normalized spacial score (nSPS) is 14.2. The maximum Gasteiger partial charge on any atom is 0.146 e. The van der Waals surface area contributed by atoms with Gasteiger partial charge in [0.15, 0.2) is 0 Å². The van der Waals surface area contributed by atoms with Crippen LogP contribution in [0.15, 0.2) is 89.5 Å². The van der Waals surface area contributed by atoms with Gasteiger partial charge in [-0.3, -0.25) is 9.88 Å². The van der Waals surface area contributed by atoms with Crippen molar-refractivity contribution in [1.29, 1.82) is 5.26 Å². The number of piperazine rings is 1. The number of benzene rings is 3. The summed E-state index contributed by atoms with van der Waals surface area (Å²) >= 11 is 6.54. The van der Waals surface area contributed by atoms with Gasteiger partial charge >= 0.3 is 0 Å².